The van der Waals surface area contributed by atoms with E-state index in [1.165, 1.54) is 21.9 Å². The van der Waals surface area contributed by atoms with E-state index in [-0.39, 0.29) is 12.3 Å². The first-order valence-electron chi connectivity index (χ1n) is 14.2. The highest BCUT2D eigenvalue weighted by Gasteiger charge is 2.54. The van der Waals surface area contributed by atoms with E-state index in [1.54, 1.807) is 0 Å². The number of anilines is 1. The van der Waals surface area contributed by atoms with Gasteiger partial charge in [-0.05, 0) is 66.1 Å². The van der Waals surface area contributed by atoms with Crippen LogP contribution < -0.4 is 4.90 Å². The first-order chi connectivity index (χ1) is 18.6. The van der Waals surface area contributed by atoms with Crippen LogP contribution in [-0.4, -0.2) is 58.6 Å². The number of piperidine rings is 1. The van der Waals surface area contributed by atoms with Crippen LogP contribution in [0.2, 0.25) is 0 Å². The van der Waals surface area contributed by atoms with E-state index in [4.69, 9.17) is 5.11 Å². The van der Waals surface area contributed by atoms with Crippen molar-refractivity contribution in [2.75, 3.05) is 31.2 Å². The Labute approximate surface area is 224 Å². The Hall–Kier alpha value is -3.38. The maximum atomic E-state index is 14.0. The van der Waals surface area contributed by atoms with Crippen LogP contribution in [0.4, 0.5) is 5.69 Å². The van der Waals surface area contributed by atoms with Gasteiger partial charge in [0.2, 0.25) is 5.91 Å². The molecule has 1 amide bonds. The van der Waals surface area contributed by atoms with Crippen LogP contribution in [-0.2, 0) is 16.0 Å². The molecular weight excluding hydrogens is 474 g/mol. The summed E-state index contributed by atoms with van der Waals surface area (Å²) in [6.45, 7) is 3.19. The summed E-state index contributed by atoms with van der Waals surface area (Å²) in [7, 11) is 0. The second kappa shape index (κ2) is 10.4. The lowest BCUT2D eigenvalue weighted by Crippen LogP contribution is -2.57. The number of carbonyl (C=O) groups excluding carboxylic acids is 1. The van der Waals surface area contributed by atoms with Gasteiger partial charge in [-0.2, -0.15) is 0 Å². The summed E-state index contributed by atoms with van der Waals surface area (Å²) < 4.78 is 0. The van der Waals surface area contributed by atoms with Gasteiger partial charge in [-0.15, -0.1) is 0 Å². The van der Waals surface area contributed by atoms with E-state index in [0.29, 0.717) is 19.1 Å². The Morgan fingerprint density at radius 2 is 1.63 bits per heavy atom. The lowest BCUT2D eigenvalue weighted by Gasteiger charge is -2.45. The van der Waals surface area contributed by atoms with Crippen molar-refractivity contribution in [1.29, 1.82) is 0 Å². The number of hydrogen-bond acceptors (Lipinski definition) is 4. The Bertz CT molecular complexity index is 1310. The number of hydrogen-bond donors (Lipinski definition) is 1. The highest BCUT2D eigenvalue weighted by molar-refractivity contribution is 5.94. The minimum absolute atomic E-state index is 0.227. The molecule has 1 spiro atoms. The van der Waals surface area contributed by atoms with Crippen molar-refractivity contribution in [3.8, 4) is 0 Å². The van der Waals surface area contributed by atoms with Gasteiger partial charge in [-0.3, -0.25) is 14.5 Å². The SMILES string of the molecule is O=C(O)CCCCCCN1CN(c2ccccc2)C2(CCN(C3Cc4cccc5cccc3c45)CC2)C1=O. The zero-order chi connectivity index (χ0) is 26.1. The molecular formula is C32H37N3O3. The highest BCUT2D eigenvalue weighted by atomic mass is 16.4. The topological polar surface area (TPSA) is 64.1 Å². The molecule has 0 saturated carbocycles. The van der Waals surface area contributed by atoms with Gasteiger partial charge in [0.25, 0.3) is 0 Å². The lowest BCUT2D eigenvalue weighted by atomic mass is 9.84. The normalized spacial score (nSPS) is 20.6. The molecule has 1 atom stereocenters. The number of benzene rings is 3. The number of carbonyl (C=O) groups is 2. The highest BCUT2D eigenvalue weighted by Crippen LogP contribution is 2.45. The lowest BCUT2D eigenvalue weighted by molar-refractivity contribution is -0.137. The van der Waals surface area contributed by atoms with Gasteiger partial charge >= 0.3 is 5.97 Å². The fourth-order valence-electron chi connectivity index (χ4n) is 7.05. The number of carboxylic acids is 1. The predicted octanol–water partition coefficient (Wildman–Crippen LogP) is 5.61. The molecule has 38 heavy (non-hydrogen) atoms. The largest absolute Gasteiger partial charge is 0.481 e. The van der Waals surface area contributed by atoms with Crippen molar-refractivity contribution in [2.24, 2.45) is 0 Å². The molecule has 6 nitrogen and oxygen atoms in total. The average molecular weight is 512 g/mol. The molecule has 2 aliphatic heterocycles. The number of unbranched alkanes of at least 4 members (excludes halogenated alkanes) is 3. The maximum absolute atomic E-state index is 14.0. The van der Waals surface area contributed by atoms with Gasteiger partial charge in [-0.1, -0.05) is 67.4 Å². The van der Waals surface area contributed by atoms with Crippen LogP contribution in [0.3, 0.4) is 0 Å². The molecule has 3 aromatic carbocycles. The summed E-state index contributed by atoms with van der Waals surface area (Å²) in [6, 6.07) is 24.1. The van der Waals surface area contributed by atoms with Gasteiger partial charge in [0.05, 0.1) is 6.67 Å². The fraction of sp³-hybridized carbons (Fsp3) is 0.438. The Morgan fingerprint density at radius 3 is 2.39 bits per heavy atom. The smallest absolute Gasteiger partial charge is 0.303 e. The molecule has 1 N–H and O–H groups in total. The third-order valence-electron chi connectivity index (χ3n) is 9.01. The number of nitrogens with zero attached hydrogens (tertiary/aromatic N) is 3. The van der Waals surface area contributed by atoms with Crippen molar-refractivity contribution in [3.63, 3.8) is 0 Å². The van der Waals surface area contributed by atoms with Crippen molar-refractivity contribution in [1.82, 2.24) is 9.80 Å². The van der Waals surface area contributed by atoms with E-state index in [1.807, 2.05) is 11.0 Å². The molecule has 6 rings (SSSR count). The van der Waals surface area contributed by atoms with E-state index < -0.39 is 11.5 Å². The third kappa shape index (κ3) is 4.45. The summed E-state index contributed by atoms with van der Waals surface area (Å²) in [5.74, 6) is -0.465. The number of carboxylic acid groups (broad SMARTS) is 1. The second-order valence-corrected chi connectivity index (χ2v) is 11.2. The number of rotatable bonds is 9. The van der Waals surface area contributed by atoms with Crippen molar-refractivity contribution < 1.29 is 14.7 Å². The molecule has 2 fully saturated rings. The first-order valence-corrected chi connectivity index (χ1v) is 14.2. The summed E-state index contributed by atoms with van der Waals surface area (Å²) in [6.07, 6.45) is 6.42. The van der Waals surface area contributed by atoms with Gasteiger partial charge in [-0.25, -0.2) is 0 Å². The fourth-order valence-corrected chi connectivity index (χ4v) is 7.05. The van der Waals surface area contributed by atoms with Gasteiger partial charge in [0, 0.05) is 37.8 Å². The summed E-state index contributed by atoms with van der Waals surface area (Å²) in [4.78, 5) is 31.8. The summed E-state index contributed by atoms with van der Waals surface area (Å²) in [5, 5.41) is 11.6. The molecule has 2 saturated heterocycles. The molecule has 198 valence electrons. The number of likely N-dealkylation sites (tertiary alicyclic amines) is 1. The van der Waals surface area contributed by atoms with Crippen LogP contribution >= 0.6 is 0 Å². The molecule has 0 radical (unpaired) electrons. The molecule has 3 aliphatic rings. The number of amides is 1. The van der Waals surface area contributed by atoms with Crippen LogP contribution in [0.1, 0.15) is 62.1 Å². The zero-order valence-electron chi connectivity index (χ0n) is 22.0. The molecule has 1 unspecified atom stereocenters. The van der Waals surface area contributed by atoms with Crippen molar-refractivity contribution >= 4 is 28.3 Å². The molecule has 0 aromatic heterocycles. The Balaban J connectivity index is 1.16. The Kier molecular flexibility index (Phi) is 6.83. The summed E-state index contributed by atoms with van der Waals surface area (Å²) >= 11 is 0. The minimum atomic E-state index is -0.732. The monoisotopic (exact) mass is 511 g/mol. The van der Waals surface area contributed by atoms with Gasteiger partial charge in [0.15, 0.2) is 0 Å². The average Bonchev–Trinajstić information content (AvgIpc) is 3.44. The quantitative estimate of drug-likeness (QED) is 0.378. The van der Waals surface area contributed by atoms with E-state index in [9.17, 15) is 9.59 Å². The maximum Gasteiger partial charge on any atom is 0.303 e. The van der Waals surface area contributed by atoms with Crippen LogP contribution in [0.15, 0.2) is 66.7 Å². The Morgan fingerprint density at radius 1 is 0.895 bits per heavy atom. The van der Waals surface area contributed by atoms with Gasteiger partial charge < -0.3 is 14.9 Å². The van der Waals surface area contributed by atoms with E-state index >= 15 is 0 Å². The molecule has 2 heterocycles. The third-order valence-corrected chi connectivity index (χ3v) is 9.01. The second-order valence-electron chi connectivity index (χ2n) is 11.2. The zero-order valence-corrected chi connectivity index (χ0v) is 22.0. The standard InChI is InChI=1S/C32H37N3O3/c36-29(37)16-6-1-2-7-19-34-23-35(26-13-4-3-5-14-26)32(31(34)38)17-20-33(21-18-32)28-22-25-12-8-10-24-11-9-15-27(28)30(24)25/h3-5,8-15,28H,1-2,6-7,16-23H2,(H,36,37). The van der Waals surface area contributed by atoms with E-state index in [2.05, 4.69) is 70.5 Å². The summed E-state index contributed by atoms with van der Waals surface area (Å²) in [5.41, 5.74) is 3.52. The number of aliphatic carboxylic acids is 1. The molecule has 3 aromatic rings. The minimum Gasteiger partial charge on any atom is -0.481 e. The van der Waals surface area contributed by atoms with Gasteiger partial charge in [0.1, 0.15) is 5.54 Å². The number of para-hydroxylation sites is 1. The van der Waals surface area contributed by atoms with Crippen LogP contribution in [0.5, 0.6) is 0 Å². The molecule has 1 aliphatic carbocycles. The van der Waals surface area contributed by atoms with Crippen LogP contribution in [0.25, 0.3) is 10.8 Å². The predicted molar refractivity (Wildman–Crippen MR) is 150 cm³/mol. The van der Waals surface area contributed by atoms with Crippen molar-refractivity contribution in [3.05, 3.63) is 77.9 Å². The molecule has 0 bridgehead atoms. The van der Waals surface area contributed by atoms with Crippen molar-refractivity contribution in [2.45, 2.75) is 62.9 Å². The first kappa shape index (κ1) is 24.9. The van der Waals surface area contributed by atoms with E-state index in [0.717, 1.165) is 63.8 Å². The van der Waals surface area contributed by atoms with Crippen LogP contribution in [0, 0.1) is 0 Å². The molecule has 6 heteroatoms.